The van der Waals surface area contributed by atoms with Crippen molar-refractivity contribution in [1.29, 1.82) is 0 Å². The molecular formula is C15H26N4O. The zero-order valence-corrected chi connectivity index (χ0v) is 13.6. The van der Waals surface area contributed by atoms with E-state index < -0.39 is 0 Å². The molecule has 0 spiro atoms. The third kappa shape index (κ3) is 5.47. The SMILES string of the molecule is CN(C)C(=NCc1ccc(OC(C)(C)C)nc1)N(C)C. The Morgan fingerprint density at radius 1 is 1.15 bits per heavy atom. The Bertz CT molecular complexity index is 434. The maximum Gasteiger partial charge on any atom is 0.213 e. The molecule has 5 heteroatoms. The van der Waals surface area contributed by atoms with Crippen LogP contribution in [0.2, 0.25) is 0 Å². The molecule has 5 nitrogen and oxygen atoms in total. The van der Waals surface area contributed by atoms with Crippen LogP contribution in [-0.2, 0) is 6.54 Å². The minimum atomic E-state index is -0.227. The summed E-state index contributed by atoms with van der Waals surface area (Å²) in [6, 6.07) is 3.89. The summed E-state index contributed by atoms with van der Waals surface area (Å²) in [7, 11) is 7.93. The van der Waals surface area contributed by atoms with Gasteiger partial charge in [-0.1, -0.05) is 6.07 Å². The summed E-state index contributed by atoms with van der Waals surface area (Å²) in [5.41, 5.74) is 0.836. The fourth-order valence-electron chi connectivity index (χ4n) is 1.72. The molecule has 1 aromatic heterocycles. The Hall–Kier alpha value is -1.78. The Morgan fingerprint density at radius 3 is 2.15 bits per heavy atom. The minimum absolute atomic E-state index is 0.227. The van der Waals surface area contributed by atoms with Crippen LogP contribution in [0.5, 0.6) is 5.88 Å². The van der Waals surface area contributed by atoms with Gasteiger partial charge >= 0.3 is 0 Å². The van der Waals surface area contributed by atoms with Gasteiger partial charge in [0, 0.05) is 40.5 Å². The average Bonchev–Trinajstić information content (AvgIpc) is 2.28. The van der Waals surface area contributed by atoms with Crippen LogP contribution in [0, 0.1) is 0 Å². The molecule has 0 radical (unpaired) electrons. The summed E-state index contributed by atoms with van der Waals surface area (Å²) in [5, 5.41) is 0. The molecule has 1 rings (SSSR count). The van der Waals surface area contributed by atoms with Crippen molar-refractivity contribution < 1.29 is 4.74 Å². The lowest BCUT2D eigenvalue weighted by Gasteiger charge is -2.22. The predicted octanol–water partition coefficient (Wildman–Crippen LogP) is 2.24. The second kappa shape index (κ2) is 6.59. The van der Waals surface area contributed by atoms with Gasteiger partial charge in [0.05, 0.1) is 6.54 Å². The topological polar surface area (TPSA) is 41.0 Å². The average molecular weight is 278 g/mol. The van der Waals surface area contributed by atoms with Gasteiger partial charge in [0.15, 0.2) is 5.96 Å². The summed E-state index contributed by atoms with van der Waals surface area (Å²) in [6.07, 6.45) is 1.81. The fourth-order valence-corrected chi connectivity index (χ4v) is 1.72. The monoisotopic (exact) mass is 278 g/mol. The zero-order chi connectivity index (χ0) is 15.3. The first-order valence-electron chi connectivity index (χ1n) is 6.72. The number of guanidine groups is 1. The van der Waals surface area contributed by atoms with E-state index in [4.69, 9.17) is 4.74 Å². The highest BCUT2D eigenvalue weighted by atomic mass is 16.5. The van der Waals surface area contributed by atoms with Gasteiger partial charge in [-0.3, -0.25) is 0 Å². The third-order valence-electron chi connectivity index (χ3n) is 2.41. The van der Waals surface area contributed by atoms with Crippen LogP contribution >= 0.6 is 0 Å². The molecule has 0 unspecified atom stereocenters. The number of nitrogens with zero attached hydrogens (tertiary/aromatic N) is 4. The van der Waals surface area contributed by atoms with Gasteiger partial charge in [-0.15, -0.1) is 0 Å². The lowest BCUT2D eigenvalue weighted by molar-refractivity contribution is 0.124. The van der Waals surface area contributed by atoms with Crippen molar-refractivity contribution in [3.05, 3.63) is 23.9 Å². The highest BCUT2D eigenvalue weighted by molar-refractivity contribution is 5.79. The van der Waals surface area contributed by atoms with Crippen LogP contribution in [0.25, 0.3) is 0 Å². The number of aliphatic imine (C=N–C) groups is 1. The molecule has 0 aromatic carbocycles. The Balaban J connectivity index is 2.73. The van der Waals surface area contributed by atoms with E-state index in [1.165, 1.54) is 0 Å². The number of pyridine rings is 1. The molecule has 0 saturated carbocycles. The van der Waals surface area contributed by atoms with Crippen LogP contribution in [-0.4, -0.2) is 54.5 Å². The summed E-state index contributed by atoms with van der Waals surface area (Å²) in [5.74, 6) is 1.57. The van der Waals surface area contributed by atoms with Gasteiger partial charge in [0.25, 0.3) is 0 Å². The van der Waals surface area contributed by atoms with E-state index in [1.54, 1.807) is 0 Å². The maximum absolute atomic E-state index is 5.70. The van der Waals surface area contributed by atoms with Crippen molar-refractivity contribution in [1.82, 2.24) is 14.8 Å². The largest absolute Gasteiger partial charge is 0.472 e. The molecule has 0 aliphatic carbocycles. The van der Waals surface area contributed by atoms with Crippen molar-refractivity contribution in [2.75, 3.05) is 28.2 Å². The van der Waals surface area contributed by atoms with Crippen LogP contribution in [0.4, 0.5) is 0 Å². The van der Waals surface area contributed by atoms with E-state index in [2.05, 4.69) is 9.98 Å². The van der Waals surface area contributed by atoms with Crippen molar-refractivity contribution in [2.24, 2.45) is 4.99 Å². The lowest BCUT2D eigenvalue weighted by atomic mass is 10.2. The van der Waals surface area contributed by atoms with E-state index in [-0.39, 0.29) is 5.60 Å². The normalized spacial score (nSPS) is 10.9. The minimum Gasteiger partial charge on any atom is -0.472 e. The highest BCUT2D eigenvalue weighted by Crippen LogP contribution is 2.15. The van der Waals surface area contributed by atoms with E-state index in [0.29, 0.717) is 12.4 Å². The quantitative estimate of drug-likeness (QED) is 0.628. The maximum atomic E-state index is 5.70. The summed E-state index contributed by atoms with van der Waals surface area (Å²) in [4.78, 5) is 12.9. The van der Waals surface area contributed by atoms with E-state index in [0.717, 1.165) is 11.5 Å². The van der Waals surface area contributed by atoms with Crippen LogP contribution in [0.15, 0.2) is 23.3 Å². The van der Waals surface area contributed by atoms with Crippen molar-refractivity contribution in [3.63, 3.8) is 0 Å². The standard InChI is InChI=1S/C15H26N4O/c1-15(2,3)20-13-9-8-12(10-16-13)11-17-14(18(4)5)19(6)7/h8-10H,11H2,1-7H3. The number of hydrogen-bond acceptors (Lipinski definition) is 3. The summed E-state index contributed by atoms with van der Waals surface area (Å²) >= 11 is 0. The molecule has 0 fully saturated rings. The number of rotatable bonds is 3. The molecule has 112 valence electrons. The Kier molecular flexibility index (Phi) is 5.36. The van der Waals surface area contributed by atoms with Gasteiger partial charge in [0.2, 0.25) is 5.88 Å². The molecule has 0 aliphatic rings. The second-order valence-electron chi connectivity index (χ2n) is 6.12. The zero-order valence-electron chi connectivity index (χ0n) is 13.6. The van der Waals surface area contributed by atoms with Crippen LogP contribution < -0.4 is 4.74 Å². The molecule has 0 aliphatic heterocycles. The Labute approximate surface area is 122 Å². The summed E-state index contributed by atoms with van der Waals surface area (Å²) in [6.45, 7) is 6.63. The number of ether oxygens (including phenoxy) is 1. The van der Waals surface area contributed by atoms with Crippen molar-refractivity contribution >= 4 is 5.96 Å². The third-order valence-corrected chi connectivity index (χ3v) is 2.41. The van der Waals surface area contributed by atoms with E-state index in [9.17, 15) is 0 Å². The number of aromatic nitrogens is 1. The van der Waals surface area contributed by atoms with Gasteiger partial charge in [-0.2, -0.15) is 0 Å². The molecule has 20 heavy (non-hydrogen) atoms. The first-order chi connectivity index (χ1) is 9.19. The Morgan fingerprint density at radius 2 is 1.75 bits per heavy atom. The van der Waals surface area contributed by atoms with Gasteiger partial charge in [0.1, 0.15) is 5.60 Å². The van der Waals surface area contributed by atoms with Gasteiger partial charge < -0.3 is 14.5 Å². The molecular weight excluding hydrogens is 252 g/mol. The molecule has 0 saturated heterocycles. The van der Waals surface area contributed by atoms with Gasteiger partial charge in [-0.05, 0) is 26.3 Å². The summed E-state index contributed by atoms with van der Waals surface area (Å²) < 4.78 is 5.70. The smallest absolute Gasteiger partial charge is 0.213 e. The first kappa shape index (κ1) is 16.3. The van der Waals surface area contributed by atoms with Gasteiger partial charge in [-0.25, -0.2) is 9.98 Å². The van der Waals surface area contributed by atoms with E-state index >= 15 is 0 Å². The van der Waals surface area contributed by atoms with Crippen molar-refractivity contribution in [3.8, 4) is 5.88 Å². The molecule has 0 N–H and O–H groups in total. The lowest BCUT2D eigenvalue weighted by Crippen LogP contribution is -2.35. The molecule has 1 heterocycles. The highest BCUT2D eigenvalue weighted by Gasteiger charge is 2.12. The number of hydrogen-bond donors (Lipinski definition) is 0. The van der Waals surface area contributed by atoms with Crippen LogP contribution in [0.3, 0.4) is 0 Å². The molecule has 0 atom stereocenters. The van der Waals surface area contributed by atoms with E-state index in [1.807, 2.05) is 77.1 Å². The fraction of sp³-hybridized carbons (Fsp3) is 0.600. The van der Waals surface area contributed by atoms with Crippen molar-refractivity contribution in [2.45, 2.75) is 32.9 Å². The second-order valence-corrected chi connectivity index (χ2v) is 6.12. The molecule has 0 amide bonds. The predicted molar refractivity (Wildman–Crippen MR) is 83.1 cm³/mol. The van der Waals surface area contributed by atoms with Crippen LogP contribution in [0.1, 0.15) is 26.3 Å². The molecule has 0 bridgehead atoms. The molecule has 1 aromatic rings. The first-order valence-corrected chi connectivity index (χ1v) is 6.72.